The van der Waals surface area contributed by atoms with E-state index in [0.717, 1.165) is 45.9 Å². The molecular formula is C14H31N3O. The highest BCUT2D eigenvalue weighted by atomic mass is 16.5. The molecule has 0 saturated carbocycles. The molecule has 0 aromatic carbocycles. The van der Waals surface area contributed by atoms with Gasteiger partial charge in [-0.3, -0.25) is 9.80 Å². The Labute approximate surface area is 113 Å². The minimum absolute atomic E-state index is 0.236. The molecule has 1 unspecified atom stereocenters. The summed E-state index contributed by atoms with van der Waals surface area (Å²) >= 11 is 0. The first kappa shape index (κ1) is 15.9. The van der Waals surface area contributed by atoms with Crippen molar-refractivity contribution in [3.05, 3.63) is 0 Å². The third kappa shape index (κ3) is 4.50. The van der Waals surface area contributed by atoms with Gasteiger partial charge in [-0.15, -0.1) is 0 Å². The molecule has 1 N–H and O–H groups in total. The SMILES string of the molecule is CCN(CC(C)(C)N1CCNCC1)C(C)COC. The van der Waals surface area contributed by atoms with Crippen LogP contribution in [0.4, 0.5) is 0 Å². The number of rotatable bonds is 7. The molecule has 0 aliphatic carbocycles. The third-order valence-electron chi connectivity index (χ3n) is 4.00. The van der Waals surface area contributed by atoms with Crippen molar-refractivity contribution < 1.29 is 4.74 Å². The van der Waals surface area contributed by atoms with E-state index in [1.165, 1.54) is 0 Å². The lowest BCUT2D eigenvalue weighted by atomic mass is 10.00. The molecule has 108 valence electrons. The first-order valence-corrected chi connectivity index (χ1v) is 7.20. The van der Waals surface area contributed by atoms with E-state index in [9.17, 15) is 0 Å². The summed E-state index contributed by atoms with van der Waals surface area (Å²) in [4.78, 5) is 5.12. The first-order valence-electron chi connectivity index (χ1n) is 7.20. The summed E-state index contributed by atoms with van der Waals surface area (Å²) in [6, 6.07) is 0.488. The molecule has 0 bridgehead atoms. The fourth-order valence-corrected chi connectivity index (χ4v) is 2.79. The van der Waals surface area contributed by atoms with E-state index >= 15 is 0 Å². The van der Waals surface area contributed by atoms with Gasteiger partial charge in [0.15, 0.2) is 0 Å². The first-order chi connectivity index (χ1) is 8.51. The minimum Gasteiger partial charge on any atom is -0.383 e. The molecule has 4 nitrogen and oxygen atoms in total. The highest BCUT2D eigenvalue weighted by molar-refractivity contribution is 4.88. The number of nitrogens with one attached hydrogen (secondary N) is 1. The molecule has 1 atom stereocenters. The van der Waals surface area contributed by atoms with Crippen molar-refractivity contribution in [2.24, 2.45) is 0 Å². The van der Waals surface area contributed by atoms with Gasteiger partial charge in [-0.1, -0.05) is 6.92 Å². The molecule has 1 saturated heterocycles. The van der Waals surface area contributed by atoms with E-state index in [4.69, 9.17) is 4.74 Å². The molecule has 4 heteroatoms. The molecule has 0 aromatic heterocycles. The molecule has 0 radical (unpaired) electrons. The van der Waals surface area contributed by atoms with Crippen LogP contribution < -0.4 is 5.32 Å². The summed E-state index contributed by atoms with van der Waals surface area (Å²) in [5.74, 6) is 0. The van der Waals surface area contributed by atoms with E-state index < -0.39 is 0 Å². The largest absolute Gasteiger partial charge is 0.383 e. The van der Waals surface area contributed by atoms with E-state index in [-0.39, 0.29) is 5.54 Å². The lowest BCUT2D eigenvalue weighted by molar-refractivity contribution is 0.0323. The van der Waals surface area contributed by atoms with Gasteiger partial charge in [0.1, 0.15) is 0 Å². The van der Waals surface area contributed by atoms with Crippen LogP contribution >= 0.6 is 0 Å². The zero-order chi connectivity index (χ0) is 13.6. The maximum absolute atomic E-state index is 5.28. The summed E-state index contributed by atoms with van der Waals surface area (Å²) in [7, 11) is 1.78. The second kappa shape index (κ2) is 7.43. The van der Waals surface area contributed by atoms with Gasteiger partial charge in [0.25, 0.3) is 0 Å². The van der Waals surface area contributed by atoms with E-state index in [2.05, 4.69) is 42.8 Å². The van der Waals surface area contributed by atoms with Gasteiger partial charge in [-0.2, -0.15) is 0 Å². The van der Waals surface area contributed by atoms with E-state index in [1.807, 2.05) is 0 Å². The summed E-state index contributed by atoms with van der Waals surface area (Å²) in [5.41, 5.74) is 0.236. The van der Waals surface area contributed by atoms with Crippen molar-refractivity contribution in [1.82, 2.24) is 15.1 Å². The molecule has 0 aromatic rings. The van der Waals surface area contributed by atoms with Gasteiger partial charge >= 0.3 is 0 Å². The Morgan fingerprint density at radius 1 is 1.33 bits per heavy atom. The lowest BCUT2D eigenvalue weighted by Crippen LogP contribution is -2.58. The molecule has 0 spiro atoms. The van der Waals surface area contributed by atoms with Crippen LogP contribution in [0.15, 0.2) is 0 Å². The summed E-state index contributed by atoms with van der Waals surface area (Å²) in [6.07, 6.45) is 0. The zero-order valence-electron chi connectivity index (χ0n) is 12.8. The maximum Gasteiger partial charge on any atom is 0.0615 e. The number of methoxy groups -OCH3 is 1. The van der Waals surface area contributed by atoms with Gasteiger partial charge in [0.2, 0.25) is 0 Å². The van der Waals surface area contributed by atoms with Gasteiger partial charge in [0.05, 0.1) is 6.61 Å². The number of nitrogens with zero attached hydrogens (tertiary/aromatic N) is 2. The topological polar surface area (TPSA) is 27.7 Å². The maximum atomic E-state index is 5.28. The van der Waals surface area contributed by atoms with Gasteiger partial charge in [-0.25, -0.2) is 0 Å². The average molecular weight is 257 g/mol. The summed E-state index contributed by atoms with van der Waals surface area (Å²) in [6.45, 7) is 16.8. The number of piperazine rings is 1. The highest BCUT2D eigenvalue weighted by Gasteiger charge is 2.30. The number of hydrogen-bond donors (Lipinski definition) is 1. The van der Waals surface area contributed by atoms with Crippen LogP contribution in [0.25, 0.3) is 0 Å². The second-order valence-corrected chi connectivity index (χ2v) is 5.92. The monoisotopic (exact) mass is 257 g/mol. The molecule has 0 amide bonds. The average Bonchev–Trinajstić information content (AvgIpc) is 2.37. The molecule has 18 heavy (non-hydrogen) atoms. The lowest BCUT2D eigenvalue weighted by Gasteiger charge is -2.45. The predicted molar refractivity (Wildman–Crippen MR) is 77.1 cm³/mol. The molecule has 1 aliphatic heterocycles. The molecular weight excluding hydrogens is 226 g/mol. The van der Waals surface area contributed by atoms with Gasteiger partial charge in [-0.05, 0) is 27.3 Å². The Morgan fingerprint density at radius 2 is 1.94 bits per heavy atom. The number of likely N-dealkylation sites (N-methyl/N-ethyl adjacent to an activating group) is 1. The van der Waals surface area contributed by atoms with Crippen LogP contribution in [0.3, 0.4) is 0 Å². The van der Waals surface area contributed by atoms with Gasteiger partial charge < -0.3 is 10.1 Å². The molecule has 1 rings (SSSR count). The molecule has 1 aliphatic rings. The highest BCUT2D eigenvalue weighted by Crippen LogP contribution is 2.18. The Morgan fingerprint density at radius 3 is 2.44 bits per heavy atom. The third-order valence-corrected chi connectivity index (χ3v) is 4.00. The Balaban J connectivity index is 2.54. The fraction of sp³-hybridized carbons (Fsp3) is 1.00. The Bertz CT molecular complexity index is 227. The quantitative estimate of drug-likeness (QED) is 0.737. The Kier molecular flexibility index (Phi) is 6.57. The smallest absolute Gasteiger partial charge is 0.0615 e. The second-order valence-electron chi connectivity index (χ2n) is 5.92. The van der Waals surface area contributed by atoms with Crippen molar-refractivity contribution in [3.8, 4) is 0 Å². The zero-order valence-corrected chi connectivity index (χ0v) is 12.8. The minimum atomic E-state index is 0.236. The van der Waals surface area contributed by atoms with Crippen molar-refractivity contribution >= 4 is 0 Å². The van der Waals surface area contributed by atoms with Crippen molar-refractivity contribution in [1.29, 1.82) is 0 Å². The van der Waals surface area contributed by atoms with Crippen molar-refractivity contribution in [3.63, 3.8) is 0 Å². The van der Waals surface area contributed by atoms with Crippen LogP contribution in [-0.4, -0.2) is 74.4 Å². The van der Waals surface area contributed by atoms with Gasteiger partial charge in [0, 0.05) is 51.4 Å². The van der Waals surface area contributed by atoms with Crippen LogP contribution in [0.1, 0.15) is 27.7 Å². The van der Waals surface area contributed by atoms with E-state index in [1.54, 1.807) is 7.11 Å². The standard InChI is InChI=1S/C14H31N3O/c1-6-16(13(2)11-18-5)12-14(3,4)17-9-7-15-8-10-17/h13,15H,6-12H2,1-5H3. The Hall–Kier alpha value is -0.160. The predicted octanol–water partition coefficient (Wildman–Crippen LogP) is 1.03. The normalized spacial score (nSPS) is 20.3. The van der Waals surface area contributed by atoms with Crippen LogP contribution in [0.5, 0.6) is 0 Å². The fourth-order valence-electron chi connectivity index (χ4n) is 2.79. The molecule has 1 heterocycles. The number of hydrogen-bond acceptors (Lipinski definition) is 4. The van der Waals surface area contributed by atoms with Crippen molar-refractivity contribution in [2.75, 3.05) is 53.0 Å². The van der Waals surface area contributed by atoms with Crippen LogP contribution in [0, 0.1) is 0 Å². The van der Waals surface area contributed by atoms with Crippen LogP contribution in [-0.2, 0) is 4.74 Å². The summed E-state index contributed by atoms with van der Waals surface area (Å²) in [5, 5.41) is 3.42. The van der Waals surface area contributed by atoms with Crippen LogP contribution in [0.2, 0.25) is 0 Å². The van der Waals surface area contributed by atoms with Crippen molar-refractivity contribution in [2.45, 2.75) is 39.3 Å². The molecule has 1 fully saturated rings. The van der Waals surface area contributed by atoms with E-state index in [0.29, 0.717) is 6.04 Å². The number of ether oxygens (including phenoxy) is 1. The summed E-state index contributed by atoms with van der Waals surface area (Å²) < 4.78 is 5.28.